The summed E-state index contributed by atoms with van der Waals surface area (Å²) < 4.78 is 31.9. The van der Waals surface area contributed by atoms with Crippen molar-refractivity contribution in [3.63, 3.8) is 0 Å². The molecule has 0 spiro atoms. The molecule has 0 fully saturated rings. The highest BCUT2D eigenvalue weighted by Gasteiger charge is 2.32. The van der Waals surface area contributed by atoms with Gasteiger partial charge in [-0.25, -0.2) is 8.42 Å². The van der Waals surface area contributed by atoms with Gasteiger partial charge in [0.2, 0.25) is 21.8 Å². The van der Waals surface area contributed by atoms with Gasteiger partial charge in [-0.1, -0.05) is 43.6 Å². The van der Waals surface area contributed by atoms with Gasteiger partial charge in [-0.3, -0.25) is 13.9 Å². The predicted molar refractivity (Wildman–Crippen MR) is 144 cm³/mol. The van der Waals surface area contributed by atoms with Gasteiger partial charge in [0.1, 0.15) is 18.3 Å². The molecule has 2 aromatic carbocycles. The minimum Gasteiger partial charge on any atom is -0.497 e. The maximum absolute atomic E-state index is 13.8. The fourth-order valence-corrected chi connectivity index (χ4v) is 4.86. The average molecular weight is 538 g/mol. The second kappa shape index (κ2) is 13.0. The van der Waals surface area contributed by atoms with Gasteiger partial charge in [0.05, 0.1) is 19.1 Å². The Balaban J connectivity index is 2.50. The van der Waals surface area contributed by atoms with Gasteiger partial charge in [0, 0.05) is 17.6 Å². The van der Waals surface area contributed by atoms with Crippen LogP contribution in [-0.4, -0.2) is 57.1 Å². The van der Waals surface area contributed by atoms with Crippen molar-refractivity contribution in [3.05, 3.63) is 58.6 Å². The van der Waals surface area contributed by atoms with Crippen LogP contribution in [0.15, 0.2) is 42.5 Å². The van der Waals surface area contributed by atoms with Crippen molar-refractivity contribution in [1.29, 1.82) is 0 Å². The first-order valence-corrected chi connectivity index (χ1v) is 14.1. The van der Waals surface area contributed by atoms with Crippen LogP contribution in [0.5, 0.6) is 5.75 Å². The maximum atomic E-state index is 13.8. The first-order chi connectivity index (χ1) is 16.9. The number of anilines is 1. The maximum Gasteiger partial charge on any atom is 0.244 e. The molecule has 8 nitrogen and oxygen atoms in total. The number of rotatable bonds is 12. The van der Waals surface area contributed by atoms with Crippen molar-refractivity contribution in [2.75, 3.05) is 24.2 Å². The summed E-state index contributed by atoms with van der Waals surface area (Å²) in [6, 6.07) is 11.2. The third-order valence-corrected chi connectivity index (χ3v) is 7.60. The van der Waals surface area contributed by atoms with Crippen LogP contribution in [0.25, 0.3) is 0 Å². The van der Waals surface area contributed by atoms with E-state index < -0.39 is 28.5 Å². The summed E-state index contributed by atoms with van der Waals surface area (Å²) in [5.74, 6) is -0.175. The Kier molecular flexibility index (Phi) is 10.6. The number of carbonyl (C=O) groups excluding carboxylic acids is 2. The number of sulfonamides is 1. The van der Waals surface area contributed by atoms with Gasteiger partial charge < -0.3 is 15.0 Å². The Morgan fingerprint density at radius 1 is 1.11 bits per heavy atom. The first kappa shape index (κ1) is 29.5. The molecular formula is C26H36ClN3O5S. The molecule has 36 heavy (non-hydrogen) atoms. The van der Waals surface area contributed by atoms with E-state index in [4.69, 9.17) is 16.3 Å². The average Bonchev–Trinajstić information content (AvgIpc) is 2.83. The molecule has 0 aromatic heterocycles. The SMILES string of the molecule is CC[C@@H](C)NC(=O)[C@@H](CC)N(Cc1cccc(OC)c1)C(=O)CN(c1cccc(Cl)c1C)S(C)(=O)=O. The molecule has 2 atom stereocenters. The van der Waals surface area contributed by atoms with E-state index >= 15 is 0 Å². The lowest BCUT2D eigenvalue weighted by Gasteiger charge is -2.33. The minimum absolute atomic E-state index is 0.0676. The molecule has 0 radical (unpaired) electrons. The van der Waals surface area contributed by atoms with Gasteiger partial charge in [-0.15, -0.1) is 0 Å². The third kappa shape index (κ3) is 7.61. The van der Waals surface area contributed by atoms with E-state index in [0.29, 0.717) is 28.4 Å². The summed E-state index contributed by atoms with van der Waals surface area (Å²) in [5.41, 5.74) is 1.61. The molecule has 2 amide bonds. The number of ether oxygens (including phenoxy) is 1. The van der Waals surface area contributed by atoms with Crippen LogP contribution in [0.2, 0.25) is 5.02 Å². The monoisotopic (exact) mass is 537 g/mol. The topological polar surface area (TPSA) is 96.0 Å². The number of hydrogen-bond donors (Lipinski definition) is 1. The highest BCUT2D eigenvalue weighted by molar-refractivity contribution is 7.92. The Labute approximate surface area is 219 Å². The Bertz CT molecular complexity index is 1170. The normalized spacial score (nSPS) is 13.0. The molecule has 2 rings (SSSR count). The summed E-state index contributed by atoms with van der Waals surface area (Å²) in [7, 11) is -2.29. The van der Waals surface area contributed by atoms with Crippen molar-refractivity contribution in [3.8, 4) is 5.75 Å². The second-order valence-corrected chi connectivity index (χ2v) is 11.1. The molecule has 198 valence electrons. The Hall–Kier alpha value is -2.78. The van der Waals surface area contributed by atoms with E-state index in [9.17, 15) is 18.0 Å². The number of amides is 2. The van der Waals surface area contributed by atoms with Crippen LogP contribution in [0.1, 0.15) is 44.7 Å². The number of carbonyl (C=O) groups is 2. The van der Waals surface area contributed by atoms with Crippen LogP contribution in [0.3, 0.4) is 0 Å². The van der Waals surface area contributed by atoms with Crippen molar-refractivity contribution in [1.82, 2.24) is 10.2 Å². The standard InChI is InChI=1S/C26H36ClN3O5S/c1-7-18(3)28-26(32)23(8-2)29(16-20-11-9-12-21(15-20)35-5)25(31)17-30(36(6,33)34)24-14-10-13-22(27)19(24)4/h9-15,18,23H,7-8,16-17H2,1-6H3,(H,28,32)/t18-,23-/m1/s1. The van der Waals surface area contributed by atoms with E-state index in [-0.39, 0.29) is 18.5 Å². The molecule has 0 saturated carbocycles. The third-order valence-electron chi connectivity index (χ3n) is 6.06. The fourth-order valence-electron chi connectivity index (χ4n) is 3.79. The zero-order valence-corrected chi connectivity index (χ0v) is 23.3. The molecule has 0 aliphatic rings. The highest BCUT2D eigenvalue weighted by atomic mass is 35.5. The van der Waals surface area contributed by atoms with Gasteiger partial charge in [-0.05, 0) is 62.1 Å². The number of nitrogens with zero attached hydrogens (tertiary/aromatic N) is 2. The van der Waals surface area contributed by atoms with Crippen molar-refractivity contribution < 1.29 is 22.7 Å². The molecule has 1 N–H and O–H groups in total. The van der Waals surface area contributed by atoms with E-state index in [1.807, 2.05) is 26.8 Å². The molecule has 0 aliphatic heterocycles. The summed E-state index contributed by atoms with van der Waals surface area (Å²) >= 11 is 6.24. The Morgan fingerprint density at radius 2 is 1.78 bits per heavy atom. The van der Waals surface area contributed by atoms with E-state index in [0.717, 1.165) is 22.5 Å². The summed E-state index contributed by atoms with van der Waals surface area (Å²) in [5, 5.41) is 3.34. The molecular weight excluding hydrogens is 502 g/mol. The molecule has 0 saturated heterocycles. The zero-order valence-electron chi connectivity index (χ0n) is 21.7. The number of hydrogen-bond acceptors (Lipinski definition) is 5. The number of halogens is 1. The van der Waals surface area contributed by atoms with Crippen LogP contribution in [-0.2, 0) is 26.2 Å². The van der Waals surface area contributed by atoms with Gasteiger partial charge in [-0.2, -0.15) is 0 Å². The molecule has 0 bridgehead atoms. The first-order valence-electron chi connectivity index (χ1n) is 11.9. The smallest absolute Gasteiger partial charge is 0.244 e. The molecule has 0 heterocycles. The minimum atomic E-state index is -3.84. The molecule has 0 aliphatic carbocycles. The van der Waals surface area contributed by atoms with Gasteiger partial charge in [0.25, 0.3) is 0 Å². The highest BCUT2D eigenvalue weighted by Crippen LogP contribution is 2.28. The number of methoxy groups -OCH3 is 1. The van der Waals surface area contributed by atoms with Crippen LogP contribution in [0.4, 0.5) is 5.69 Å². The van der Waals surface area contributed by atoms with Crippen LogP contribution in [0, 0.1) is 6.92 Å². The lowest BCUT2D eigenvalue weighted by Crippen LogP contribution is -2.53. The number of nitrogens with one attached hydrogen (secondary N) is 1. The summed E-state index contributed by atoms with van der Waals surface area (Å²) in [4.78, 5) is 28.4. The summed E-state index contributed by atoms with van der Waals surface area (Å²) in [6.07, 6.45) is 2.13. The van der Waals surface area contributed by atoms with E-state index in [1.165, 1.54) is 4.90 Å². The van der Waals surface area contributed by atoms with Crippen LogP contribution < -0.4 is 14.4 Å². The van der Waals surface area contributed by atoms with E-state index in [2.05, 4.69) is 5.32 Å². The lowest BCUT2D eigenvalue weighted by atomic mass is 10.1. The van der Waals surface area contributed by atoms with Gasteiger partial charge in [0.15, 0.2) is 0 Å². The largest absolute Gasteiger partial charge is 0.497 e. The van der Waals surface area contributed by atoms with Gasteiger partial charge >= 0.3 is 0 Å². The van der Waals surface area contributed by atoms with Crippen molar-refractivity contribution in [2.24, 2.45) is 0 Å². The Morgan fingerprint density at radius 3 is 2.36 bits per heavy atom. The van der Waals surface area contributed by atoms with Crippen molar-refractivity contribution >= 4 is 39.1 Å². The molecule has 0 unspecified atom stereocenters. The van der Waals surface area contributed by atoms with Crippen LogP contribution >= 0.6 is 11.6 Å². The molecule has 2 aromatic rings. The lowest BCUT2D eigenvalue weighted by molar-refractivity contribution is -0.140. The fraction of sp³-hybridized carbons (Fsp3) is 0.462. The summed E-state index contributed by atoms with van der Waals surface area (Å²) in [6.45, 7) is 7.01. The predicted octanol–water partition coefficient (Wildman–Crippen LogP) is 4.15. The van der Waals surface area contributed by atoms with E-state index in [1.54, 1.807) is 50.4 Å². The second-order valence-electron chi connectivity index (χ2n) is 8.77. The quantitative estimate of drug-likeness (QED) is 0.439. The number of benzene rings is 2. The zero-order chi connectivity index (χ0) is 27.0. The van der Waals surface area contributed by atoms with Crippen molar-refractivity contribution in [2.45, 2.75) is 59.2 Å². The molecule has 10 heteroatoms.